The molecule has 25 heavy (non-hydrogen) atoms. The van der Waals surface area contributed by atoms with Gasteiger partial charge in [-0.15, -0.1) is 0 Å². The highest BCUT2D eigenvalue weighted by Gasteiger charge is 2.29. The SMILES string of the molecule is Cc1n[nH]c(C)c1CNC(=O)CC1NC(=O)c2ccccc2NC1=O. The van der Waals surface area contributed by atoms with Crippen LogP contribution in [0.4, 0.5) is 5.69 Å². The smallest absolute Gasteiger partial charge is 0.254 e. The van der Waals surface area contributed by atoms with E-state index in [0.29, 0.717) is 17.8 Å². The summed E-state index contributed by atoms with van der Waals surface area (Å²) in [5.74, 6) is -1.12. The predicted octanol–water partition coefficient (Wildman–Crippen LogP) is 0.784. The molecule has 4 N–H and O–H groups in total. The molecule has 1 aliphatic rings. The van der Waals surface area contributed by atoms with E-state index in [2.05, 4.69) is 26.1 Å². The number of aryl methyl sites for hydroxylation is 2. The van der Waals surface area contributed by atoms with Crippen molar-refractivity contribution in [3.05, 3.63) is 46.8 Å². The summed E-state index contributed by atoms with van der Waals surface area (Å²) in [5, 5.41) is 15.0. The number of amides is 3. The van der Waals surface area contributed by atoms with E-state index in [1.165, 1.54) is 0 Å². The number of carbonyl (C=O) groups is 3. The molecule has 1 atom stereocenters. The first-order valence-corrected chi connectivity index (χ1v) is 7.93. The zero-order chi connectivity index (χ0) is 18.0. The highest BCUT2D eigenvalue weighted by Crippen LogP contribution is 2.18. The summed E-state index contributed by atoms with van der Waals surface area (Å²) in [6.45, 7) is 4.04. The highest BCUT2D eigenvalue weighted by atomic mass is 16.2. The largest absolute Gasteiger partial charge is 0.352 e. The van der Waals surface area contributed by atoms with Crippen molar-refractivity contribution in [2.45, 2.75) is 32.9 Å². The van der Waals surface area contributed by atoms with E-state index in [-0.39, 0.29) is 18.2 Å². The molecular formula is C17H19N5O3. The summed E-state index contributed by atoms with van der Waals surface area (Å²) >= 11 is 0. The number of hydrogen-bond acceptors (Lipinski definition) is 4. The maximum atomic E-state index is 12.3. The van der Waals surface area contributed by atoms with E-state index in [4.69, 9.17) is 0 Å². The van der Waals surface area contributed by atoms with Crippen LogP contribution in [-0.4, -0.2) is 34.0 Å². The molecule has 0 spiro atoms. The molecule has 1 aliphatic heterocycles. The van der Waals surface area contributed by atoms with Crippen LogP contribution in [0.3, 0.4) is 0 Å². The Kier molecular flexibility index (Phi) is 4.51. The average Bonchev–Trinajstić information content (AvgIpc) is 2.84. The van der Waals surface area contributed by atoms with E-state index in [9.17, 15) is 14.4 Å². The Labute approximate surface area is 144 Å². The van der Waals surface area contributed by atoms with Crippen molar-refractivity contribution in [1.82, 2.24) is 20.8 Å². The third kappa shape index (κ3) is 3.52. The van der Waals surface area contributed by atoms with Crippen LogP contribution in [0, 0.1) is 13.8 Å². The first kappa shape index (κ1) is 16.7. The monoisotopic (exact) mass is 341 g/mol. The number of aromatic amines is 1. The lowest BCUT2D eigenvalue weighted by Crippen LogP contribution is -2.44. The molecule has 2 aromatic rings. The zero-order valence-electron chi connectivity index (χ0n) is 14.0. The molecule has 0 radical (unpaired) electrons. The predicted molar refractivity (Wildman–Crippen MR) is 90.9 cm³/mol. The number of H-pyrrole nitrogens is 1. The summed E-state index contributed by atoms with van der Waals surface area (Å²) in [5.41, 5.74) is 3.43. The van der Waals surface area contributed by atoms with Crippen molar-refractivity contribution in [3.8, 4) is 0 Å². The van der Waals surface area contributed by atoms with Gasteiger partial charge in [0.05, 0.1) is 23.4 Å². The van der Waals surface area contributed by atoms with Gasteiger partial charge in [-0.2, -0.15) is 5.10 Å². The van der Waals surface area contributed by atoms with E-state index < -0.39 is 11.9 Å². The molecule has 3 amide bonds. The second kappa shape index (κ2) is 6.76. The van der Waals surface area contributed by atoms with Crippen LogP contribution in [-0.2, 0) is 16.1 Å². The quantitative estimate of drug-likeness (QED) is 0.658. The van der Waals surface area contributed by atoms with Crippen LogP contribution in [0.25, 0.3) is 0 Å². The molecule has 0 aliphatic carbocycles. The normalized spacial score (nSPS) is 16.5. The van der Waals surface area contributed by atoms with E-state index in [0.717, 1.165) is 17.0 Å². The van der Waals surface area contributed by atoms with Gasteiger partial charge in [0.2, 0.25) is 11.8 Å². The third-order valence-electron chi connectivity index (χ3n) is 4.18. The van der Waals surface area contributed by atoms with Crippen LogP contribution in [0.1, 0.15) is 33.7 Å². The maximum absolute atomic E-state index is 12.3. The molecule has 2 heterocycles. The number of anilines is 1. The number of hydrogen-bond donors (Lipinski definition) is 4. The molecule has 0 saturated carbocycles. The minimum absolute atomic E-state index is 0.137. The maximum Gasteiger partial charge on any atom is 0.254 e. The van der Waals surface area contributed by atoms with Crippen LogP contribution >= 0.6 is 0 Å². The average molecular weight is 341 g/mol. The van der Waals surface area contributed by atoms with E-state index in [1.54, 1.807) is 24.3 Å². The van der Waals surface area contributed by atoms with Crippen molar-refractivity contribution in [2.24, 2.45) is 0 Å². The summed E-state index contributed by atoms with van der Waals surface area (Å²) < 4.78 is 0. The second-order valence-corrected chi connectivity index (χ2v) is 5.95. The summed E-state index contributed by atoms with van der Waals surface area (Å²) in [6, 6.07) is 5.80. The van der Waals surface area contributed by atoms with Crippen molar-refractivity contribution in [1.29, 1.82) is 0 Å². The van der Waals surface area contributed by atoms with Gasteiger partial charge in [-0.05, 0) is 26.0 Å². The fraction of sp³-hybridized carbons (Fsp3) is 0.294. The fourth-order valence-electron chi connectivity index (χ4n) is 2.73. The number of para-hydroxylation sites is 1. The number of aromatic nitrogens is 2. The van der Waals surface area contributed by atoms with Gasteiger partial charge in [-0.1, -0.05) is 12.1 Å². The standard InChI is InChI=1S/C17H19N5O3/c1-9-12(10(2)22-21-9)8-18-15(23)7-14-17(25)19-13-6-4-3-5-11(13)16(24)20-14/h3-6,14H,7-8H2,1-2H3,(H,18,23)(H,19,25)(H,20,24)(H,21,22). The molecule has 1 unspecified atom stereocenters. The number of carbonyl (C=O) groups excluding carboxylic acids is 3. The number of benzene rings is 1. The molecule has 0 bridgehead atoms. The van der Waals surface area contributed by atoms with Gasteiger partial charge in [0, 0.05) is 17.8 Å². The molecule has 0 saturated heterocycles. The number of rotatable bonds is 4. The summed E-state index contributed by atoms with van der Waals surface area (Å²) in [6.07, 6.45) is -0.137. The lowest BCUT2D eigenvalue weighted by molar-refractivity contribution is -0.125. The van der Waals surface area contributed by atoms with Gasteiger partial charge < -0.3 is 16.0 Å². The fourth-order valence-corrected chi connectivity index (χ4v) is 2.73. The number of nitrogens with zero attached hydrogens (tertiary/aromatic N) is 1. The van der Waals surface area contributed by atoms with Crippen LogP contribution in [0.15, 0.2) is 24.3 Å². The molecule has 0 fully saturated rings. The Morgan fingerprint density at radius 2 is 2.00 bits per heavy atom. The first-order valence-electron chi connectivity index (χ1n) is 7.93. The minimum Gasteiger partial charge on any atom is -0.352 e. The van der Waals surface area contributed by atoms with Crippen LogP contribution < -0.4 is 16.0 Å². The molecule has 3 rings (SSSR count). The van der Waals surface area contributed by atoms with Crippen LogP contribution in [0.2, 0.25) is 0 Å². The lowest BCUT2D eigenvalue weighted by Gasteiger charge is -2.14. The third-order valence-corrected chi connectivity index (χ3v) is 4.18. The molecule has 8 nitrogen and oxygen atoms in total. The van der Waals surface area contributed by atoms with Gasteiger partial charge in [0.15, 0.2) is 0 Å². The Morgan fingerprint density at radius 1 is 1.24 bits per heavy atom. The highest BCUT2D eigenvalue weighted by molar-refractivity contribution is 6.10. The minimum atomic E-state index is -0.925. The van der Waals surface area contributed by atoms with Gasteiger partial charge >= 0.3 is 0 Å². The Hall–Kier alpha value is -3.16. The topological polar surface area (TPSA) is 116 Å². The van der Waals surface area contributed by atoms with Gasteiger partial charge in [0.25, 0.3) is 5.91 Å². The van der Waals surface area contributed by atoms with Gasteiger partial charge in [-0.3, -0.25) is 19.5 Å². The first-order chi connectivity index (χ1) is 12.0. The lowest BCUT2D eigenvalue weighted by atomic mass is 10.1. The van der Waals surface area contributed by atoms with Crippen molar-refractivity contribution >= 4 is 23.4 Å². The van der Waals surface area contributed by atoms with Crippen molar-refractivity contribution in [2.75, 3.05) is 5.32 Å². The van der Waals surface area contributed by atoms with Crippen molar-refractivity contribution in [3.63, 3.8) is 0 Å². The van der Waals surface area contributed by atoms with Gasteiger partial charge in [-0.25, -0.2) is 0 Å². The van der Waals surface area contributed by atoms with Crippen LogP contribution in [0.5, 0.6) is 0 Å². The molecule has 1 aromatic carbocycles. The summed E-state index contributed by atoms with van der Waals surface area (Å²) in [4.78, 5) is 36.7. The molecule has 8 heteroatoms. The Morgan fingerprint density at radius 3 is 2.72 bits per heavy atom. The van der Waals surface area contributed by atoms with E-state index >= 15 is 0 Å². The molecular weight excluding hydrogens is 322 g/mol. The molecule has 1 aromatic heterocycles. The number of nitrogens with one attached hydrogen (secondary N) is 4. The Balaban J connectivity index is 1.64. The van der Waals surface area contributed by atoms with Gasteiger partial charge in [0.1, 0.15) is 6.04 Å². The second-order valence-electron chi connectivity index (χ2n) is 5.95. The zero-order valence-corrected chi connectivity index (χ0v) is 14.0. The van der Waals surface area contributed by atoms with E-state index in [1.807, 2.05) is 13.8 Å². The molecule has 130 valence electrons. The number of fused-ring (bicyclic) bond motifs is 1. The Bertz CT molecular complexity index is 823. The van der Waals surface area contributed by atoms with Crippen molar-refractivity contribution < 1.29 is 14.4 Å². The summed E-state index contributed by atoms with van der Waals surface area (Å²) in [7, 11) is 0.